The first-order valence-electron chi connectivity index (χ1n) is 9.46. The maximum Gasteiger partial charge on any atom is 0.127 e. The summed E-state index contributed by atoms with van der Waals surface area (Å²) in [6.45, 7) is 2.06. The zero-order chi connectivity index (χ0) is 20.1. The second kappa shape index (κ2) is 8.53. The average Bonchev–Trinajstić information content (AvgIpc) is 2.77. The lowest BCUT2D eigenvalue weighted by Crippen LogP contribution is -1.87. The SMILES string of the molecule is COc1ccc(Oc2ccc(-c3ccc(Oc4ccc(C)cc4)cc3)cc2)cc1. The monoisotopic (exact) mass is 382 g/mol. The van der Waals surface area contributed by atoms with E-state index < -0.39 is 0 Å². The van der Waals surface area contributed by atoms with Gasteiger partial charge in [0, 0.05) is 0 Å². The van der Waals surface area contributed by atoms with Crippen molar-refractivity contribution in [3.05, 3.63) is 103 Å². The molecule has 0 unspecified atom stereocenters. The Bertz CT molecular complexity index is 1050. The van der Waals surface area contributed by atoms with Crippen LogP contribution in [0.15, 0.2) is 97.1 Å². The van der Waals surface area contributed by atoms with E-state index in [0.717, 1.165) is 39.9 Å². The molecular formula is C26H22O3. The Kier molecular flexibility index (Phi) is 5.48. The number of benzene rings is 4. The Hall–Kier alpha value is -3.72. The van der Waals surface area contributed by atoms with E-state index in [-0.39, 0.29) is 0 Å². The summed E-state index contributed by atoms with van der Waals surface area (Å²) >= 11 is 0. The lowest BCUT2D eigenvalue weighted by molar-refractivity contribution is 0.413. The lowest BCUT2D eigenvalue weighted by atomic mass is 10.1. The molecule has 0 N–H and O–H groups in total. The Morgan fingerprint density at radius 3 is 1.10 bits per heavy atom. The zero-order valence-corrected chi connectivity index (χ0v) is 16.5. The maximum atomic E-state index is 5.90. The molecule has 0 aliphatic carbocycles. The molecule has 3 heteroatoms. The Morgan fingerprint density at radius 2 is 0.724 bits per heavy atom. The van der Waals surface area contributed by atoms with Gasteiger partial charge < -0.3 is 14.2 Å². The number of methoxy groups -OCH3 is 1. The van der Waals surface area contributed by atoms with E-state index in [4.69, 9.17) is 14.2 Å². The van der Waals surface area contributed by atoms with Crippen LogP contribution in [0.4, 0.5) is 0 Å². The first kappa shape index (κ1) is 18.6. The van der Waals surface area contributed by atoms with Crippen molar-refractivity contribution in [2.24, 2.45) is 0 Å². The van der Waals surface area contributed by atoms with Gasteiger partial charge in [-0.05, 0) is 78.7 Å². The van der Waals surface area contributed by atoms with Gasteiger partial charge in [-0.1, -0.05) is 42.0 Å². The topological polar surface area (TPSA) is 27.7 Å². The molecule has 4 aromatic rings. The lowest BCUT2D eigenvalue weighted by Gasteiger charge is -2.09. The molecule has 0 bridgehead atoms. The minimum atomic E-state index is 0.774. The molecule has 0 amide bonds. The van der Waals surface area contributed by atoms with Crippen LogP contribution in [0.5, 0.6) is 28.7 Å². The predicted octanol–water partition coefficient (Wildman–Crippen LogP) is 7.26. The van der Waals surface area contributed by atoms with Crippen LogP contribution in [0.1, 0.15) is 5.56 Å². The highest BCUT2D eigenvalue weighted by atomic mass is 16.5. The van der Waals surface area contributed by atoms with Gasteiger partial charge in [-0.3, -0.25) is 0 Å². The van der Waals surface area contributed by atoms with Gasteiger partial charge in [0.25, 0.3) is 0 Å². The van der Waals surface area contributed by atoms with Gasteiger partial charge >= 0.3 is 0 Å². The van der Waals surface area contributed by atoms with Crippen molar-refractivity contribution >= 4 is 0 Å². The van der Waals surface area contributed by atoms with Gasteiger partial charge in [0.15, 0.2) is 0 Å². The van der Waals surface area contributed by atoms with Crippen LogP contribution >= 0.6 is 0 Å². The number of hydrogen-bond donors (Lipinski definition) is 0. The summed E-state index contributed by atoms with van der Waals surface area (Å²) in [5.74, 6) is 4.03. The summed E-state index contributed by atoms with van der Waals surface area (Å²) < 4.78 is 17.0. The standard InChI is InChI=1S/C26H22O3/c1-19-3-9-23(10-4-19)28-24-11-5-20(6-12-24)21-7-13-25(14-8-21)29-26-17-15-22(27-2)16-18-26/h3-18H,1-2H3. The summed E-state index contributed by atoms with van der Waals surface area (Å²) in [4.78, 5) is 0. The van der Waals surface area contributed by atoms with Crippen molar-refractivity contribution in [2.45, 2.75) is 6.92 Å². The van der Waals surface area contributed by atoms with Crippen LogP contribution in [0.3, 0.4) is 0 Å². The molecule has 0 radical (unpaired) electrons. The Balaban J connectivity index is 1.42. The van der Waals surface area contributed by atoms with E-state index in [1.807, 2.05) is 72.8 Å². The van der Waals surface area contributed by atoms with Crippen molar-refractivity contribution in [3.63, 3.8) is 0 Å². The molecule has 0 saturated heterocycles. The Labute approximate surface area is 171 Å². The van der Waals surface area contributed by atoms with Crippen molar-refractivity contribution < 1.29 is 14.2 Å². The van der Waals surface area contributed by atoms with Crippen molar-refractivity contribution in [2.75, 3.05) is 7.11 Å². The molecule has 0 atom stereocenters. The minimum Gasteiger partial charge on any atom is -0.497 e. The molecular weight excluding hydrogens is 360 g/mol. The molecule has 3 nitrogen and oxygen atoms in total. The van der Waals surface area contributed by atoms with Crippen molar-refractivity contribution in [3.8, 4) is 39.9 Å². The molecule has 0 saturated carbocycles. The highest BCUT2D eigenvalue weighted by Gasteiger charge is 2.03. The second-order valence-electron chi connectivity index (χ2n) is 6.74. The summed E-state index contributed by atoms with van der Waals surface area (Å²) in [6.07, 6.45) is 0. The number of ether oxygens (including phenoxy) is 3. The van der Waals surface area contributed by atoms with E-state index in [1.165, 1.54) is 5.56 Å². The molecule has 0 fully saturated rings. The van der Waals surface area contributed by atoms with E-state index in [0.29, 0.717) is 0 Å². The third-order valence-electron chi connectivity index (χ3n) is 4.59. The average molecular weight is 382 g/mol. The number of hydrogen-bond acceptors (Lipinski definition) is 3. The van der Waals surface area contributed by atoms with Gasteiger partial charge in [0.05, 0.1) is 7.11 Å². The van der Waals surface area contributed by atoms with Gasteiger partial charge in [0.1, 0.15) is 28.7 Å². The van der Waals surface area contributed by atoms with Crippen LogP contribution in [0.2, 0.25) is 0 Å². The van der Waals surface area contributed by atoms with E-state index in [9.17, 15) is 0 Å². The predicted molar refractivity (Wildman–Crippen MR) is 116 cm³/mol. The quantitative estimate of drug-likeness (QED) is 0.351. The van der Waals surface area contributed by atoms with Gasteiger partial charge in [-0.2, -0.15) is 0 Å². The highest BCUT2D eigenvalue weighted by Crippen LogP contribution is 2.29. The molecule has 0 aliphatic rings. The van der Waals surface area contributed by atoms with E-state index >= 15 is 0 Å². The molecule has 4 aromatic carbocycles. The van der Waals surface area contributed by atoms with Gasteiger partial charge in [-0.25, -0.2) is 0 Å². The van der Waals surface area contributed by atoms with Gasteiger partial charge in [-0.15, -0.1) is 0 Å². The molecule has 0 aliphatic heterocycles. The summed E-state index contributed by atoms with van der Waals surface area (Å²) in [6, 6.07) is 31.7. The molecule has 0 heterocycles. The maximum absolute atomic E-state index is 5.90. The fraction of sp³-hybridized carbons (Fsp3) is 0.0769. The van der Waals surface area contributed by atoms with Crippen LogP contribution in [-0.4, -0.2) is 7.11 Å². The van der Waals surface area contributed by atoms with E-state index in [1.54, 1.807) is 7.11 Å². The van der Waals surface area contributed by atoms with Crippen LogP contribution in [0.25, 0.3) is 11.1 Å². The molecule has 29 heavy (non-hydrogen) atoms. The second-order valence-corrected chi connectivity index (χ2v) is 6.74. The largest absolute Gasteiger partial charge is 0.497 e. The summed E-state index contributed by atoms with van der Waals surface area (Å²) in [7, 11) is 1.65. The Morgan fingerprint density at radius 1 is 0.414 bits per heavy atom. The fourth-order valence-corrected chi connectivity index (χ4v) is 2.95. The van der Waals surface area contributed by atoms with Crippen molar-refractivity contribution in [1.29, 1.82) is 0 Å². The van der Waals surface area contributed by atoms with Crippen LogP contribution in [-0.2, 0) is 0 Å². The normalized spacial score (nSPS) is 10.4. The van der Waals surface area contributed by atoms with E-state index in [2.05, 4.69) is 31.2 Å². The third-order valence-corrected chi connectivity index (χ3v) is 4.59. The minimum absolute atomic E-state index is 0.774. The third kappa shape index (κ3) is 4.77. The first-order valence-corrected chi connectivity index (χ1v) is 9.46. The highest BCUT2D eigenvalue weighted by molar-refractivity contribution is 5.65. The molecule has 0 spiro atoms. The fourth-order valence-electron chi connectivity index (χ4n) is 2.95. The van der Waals surface area contributed by atoms with Crippen LogP contribution in [0, 0.1) is 6.92 Å². The first-order chi connectivity index (χ1) is 14.2. The summed E-state index contributed by atoms with van der Waals surface area (Å²) in [5, 5.41) is 0. The van der Waals surface area contributed by atoms with Crippen molar-refractivity contribution in [1.82, 2.24) is 0 Å². The number of rotatable bonds is 6. The molecule has 144 valence electrons. The smallest absolute Gasteiger partial charge is 0.127 e. The number of aryl methyl sites for hydroxylation is 1. The van der Waals surface area contributed by atoms with Gasteiger partial charge in [0.2, 0.25) is 0 Å². The van der Waals surface area contributed by atoms with Crippen LogP contribution < -0.4 is 14.2 Å². The zero-order valence-electron chi connectivity index (χ0n) is 16.5. The summed E-state index contributed by atoms with van der Waals surface area (Å²) in [5.41, 5.74) is 3.46. The molecule has 4 rings (SSSR count). The molecule has 0 aromatic heterocycles.